The molecule has 0 fully saturated rings. The van der Waals surface area contributed by atoms with Gasteiger partial charge in [0.05, 0.1) is 0 Å². The van der Waals surface area contributed by atoms with Crippen molar-refractivity contribution in [3.8, 4) is 0 Å². The van der Waals surface area contributed by atoms with E-state index < -0.39 is 0 Å². The zero-order valence-corrected chi connectivity index (χ0v) is 10.2. The van der Waals surface area contributed by atoms with Gasteiger partial charge in [0.2, 0.25) is 5.91 Å². The number of thiazole rings is 1. The van der Waals surface area contributed by atoms with E-state index in [9.17, 15) is 9.59 Å². The molecular weight excluding hydrogens is 228 g/mol. The third-order valence-corrected chi connectivity index (χ3v) is 3.13. The number of nitrogens with zero attached hydrogens (tertiary/aromatic N) is 1. The van der Waals surface area contributed by atoms with Crippen LogP contribution in [0.25, 0.3) is 0 Å². The number of carbonyl (C=O) groups is 1. The van der Waals surface area contributed by atoms with Gasteiger partial charge in [0.1, 0.15) is 6.54 Å². The SMILES string of the molecule is Cc1csc(=O)n1CC(=O)NC(C)CCO. The van der Waals surface area contributed by atoms with Crippen molar-refractivity contribution in [1.29, 1.82) is 0 Å². The predicted molar refractivity (Wildman–Crippen MR) is 62.6 cm³/mol. The topological polar surface area (TPSA) is 71.3 Å². The highest BCUT2D eigenvalue weighted by molar-refractivity contribution is 7.07. The molecule has 2 N–H and O–H groups in total. The summed E-state index contributed by atoms with van der Waals surface area (Å²) in [6.45, 7) is 3.70. The molecule has 0 spiro atoms. The smallest absolute Gasteiger partial charge is 0.307 e. The number of aliphatic hydroxyl groups is 1. The fraction of sp³-hybridized carbons (Fsp3) is 0.600. The van der Waals surface area contributed by atoms with Crippen LogP contribution in [0.4, 0.5) is 0 Å². The van der Waals surface area contributed by atoms with Crippen LogP contribution < -0.4 is 10.2 Å². The van der Waals surface area contributed by atoms with Crippen molar-refractivity contribution in [1.82, 2.24) is 9.88 Å². The Morgan fingerprint density at radius 1 is 1.69 bits per heavy atom. The molecule has 0 aliphatic carbocycles. The molecule has 90 valence electrons. The predicted octanol–water partition coefficient (Wildman–Crippen LogP) is 0.105. The molecule has 0 bridgehead atoms. The fourth-order valence-electron chi connectivity index (χ4n) is 1.33. The van der Waals surface area contributed by atoms with E-state index in [0.29, 0.717) is 6.42 Å². The number of hydrogen-bond acceptors (Lipinski definition) is 4. The Hall–Kier alpha value is -1.14. The van der Waals surface area contributed by atoms with E-state index in [1.54, 1.807) is 12.3 Å². The highest BCUT2D eigenvalue weighted by atomic mass is 32.1. The highest BCUT2D eigenvalue weighted by Crippen LogP contribution is 1.99. The minimum atomic E-state index is -0.204. The van der Waals surface area contributed by atoms with Crippen molar-refractivity contribution in [2.75, 3.05) is 6.61 Å². The molecule has 1 aromatic heterocycles. The third kappa shape index (κ3) is 3.46. The largest absolute Gasteiger partial charge is 0.396 e. The van der Waals surface area contributed by atoms with Gasteiger partial charge < -0.3 is 10.4 Å². The van der Waals surface area contributed by atoms with Crippen molar-refractivity contribution in [3.63, 3.8) is 0 Å². The quantitative estimate of drug-likeness (QED) is 0.772. The molecular formula is C10H16N2O3S. The van der Waals surface area contributed by atoms with Gasteiger partial charge in [-0.25, -0.2) is 0 Å². The van der Waals surface area contributed by atoms with Crippen LogP contribution in [0.2, 0.25) is 0 Å². The number of aryl methyl sites for hydroxylation is 1. The normalized spacial score (nSPS) is 12.4. The summed E-state index contributed by atoms with van der Waals surface area (Å²) in [5.41, 5.74) is 0.792. The average molecular weight is 244 g/mol. The number of aromatic nitrogens is 1. The Labute approximate surface area is 97.7 Å². The molecule has 16 heavy (non-hydrogen) atoms. The number of nitrogens with one attached hydrogen (secondary N) is 1. The fourth-order valence-corrected chi connectivity index (χ4v) is 2.06. The van der Waals surface area contributed by atoms with Crippen LogP contribution in [-0.2, 0) is 11.3 Å². The van der Waals surface area contributed by atoms with Crippen molar-refractivity contribution in [3.05, 3.63) is 20.7 Å². The lowest BCUT2D eigenvalue weighted by atomic mass is 10.2. The van der Waals surface area contributed by atoms with Gasteiger partial charge in [-0.05, 0) is 20.3 Å². The van der Waals surface area contributed by atoms with Crippen LogP contribution >= 0.6 is 11.3 Å². The second-order valence-corrected chi connectivity index (χ2v) is 4.53. The number of hydrogen-bond donors (Lipinski definition) is 2. The van der Waals surface area contributed by atoms with Crippen molar-refractivity contribution >= 4 is 17.2 Å². The lowest BCUT2D eigenvalue weighted by Gasteiger charge is -2.12. The molecule has 1 aromatic rings. The molecule has 1 atom stereocenters. The summed E-state index contributed by atoms with van der Waals surface area (Å²) in [7, 11) is 0. The molecule has 1 rings (SSSR count). The lowest BCUT2D eigenvalue weighted by Crippen LogP contribution is -2.37. The molecule has 0 aromatic carbocycles. The van der Waals surface area contributed by atoms with Gasteiger partial charge in [-0.1, -0.05) is 11.3 Å². The zero-order chi connectivity index (χ0) is 12.1. The summed E-state index contributed by atoms with van der Waals surface area (Å²) < 4.78 is 1.44. The summed E-state index contributed by atoms with van der Waals surface area (Å²) in [6.07, 6.45) is 0.517. The summed E-state index contributed by atoms with van der Waals surface area (Å²) in [4.78, 5) is 22.8. The van der Waals surface area contributed by atoms with E-state index in [2.05, 4.69) is 5.32 Å². The maximum Gasteiger partial charge on any atom is 0.307 e. The third-order valence-electron chi connectivity index (χ3n) is 2.25. The van der Waals surface area contributed by atoms with E-state index in [1.807, 2.05) is 6.92 Å². The summed E-state index contributed by atoms with van der Waals surface area (Å²) >= 11 is 1.09. The summed E-state index contributed by atoms with van der Waals surface area (Å²) in [5.74, 6) is -0.204. The Morgan fingerprint density at radius 3 is 2.88 bits per heavy atom. The molecule has 0 radical (unpaired) electrons. The molecule has 0 aliphatic heterocycles. The van der Waals surface area contributed by atoms with Crippen LogP contribution in [0.1, 0.15) is 19.0 Å². The van der Waals surface area contributed by atoms with Crippen LogP contribution in [-0.4, -0.2) is 28.2 Å². The molecule has 1 heterocycles. The van der Waals surface area contributed by atoms with Gasteiger partial charge >= 0.3 is 4.87 Å². The molecule has 1 amide bonds. The number of rotatable bonds is 5. The summed E-state index contributed by atoms with van der Waals surface area (Å²) in [5, 5.41) is 13.1. The monoisotopic (exact) mass is 244 g/mol. The number of amides is 1. The van der Waals surface area contributed by atoms with Gasteiger partial charge in [-0.3, -0.25) is 14.2 Å². The van der Waals surface area contributed by atoms with Crippen LogP contribution in [0, 0.1) is 6.92 Å². The van der Waals surface area contributed by atoms with Gasteiger partial charge in [0, 0.05) is 23.7 Å². The van der Waals surface area contributed by atoms with E-state index in [0.717, 1.165) is 17.0 Å². The first kappa shape index (κ1) is 12.9. The van der Waals surface area contributed by atoms with Gasteiger partial charge in [-0.15, -0.1) is 0 Å². The minimum Gasteiger partial charge on any atom is -0.396 e. The summed E-state index contributed by atoms with van der Waals surface area (Å²) in [6, 6.07) is -0.0767. The Morgan fingerprint density at radius 2 is 2.38 bits per heavy atom. The standard InChI is InChI=1S/C10H16N2O3S/c1-7(3-4-13)11-9(14)5-12-8(2)6-16-10(12)15/h6-7,13H,3-5H2,1-2H3,(H,11,14). The zero-order valence-electron chi connectivity index (χ0n) is 9.40. The average Bonchev–Trinajstić information content (AvgIpc) is 2.49. The van der Waals surface area contributed by atoms with Crippen LogP contribution in [0.3, 0.4) is 0 Å². The minimum absolute atomic E-state index is 0.0405. The Balaban J connectivity index is 2.55. The van der Waals surface area contributed by atoms with Crippen LogP contribution in [0.5, 0.6) is 0 Å². The number of carbonyl (C=O) groups excluding carboxylic acids is 1. The van der Waals surface area contributed by atoms with E-state index in [1.165, 1.54) is 4.57 Å². The highest BCUT2D eigenvalue weighted by Gasteiger charge is 2.10. The maximum atomic E-state index is 11.6. The van der Waals surface area contributed by atoms with E-state index in [4.69, 9.17) is 5.11 Å². The molecule has 0 saturated heterocycles. The molecule has 6 heteroatoms. The number of aliphatic hydroxyl groups excluding tert-OH is 1. The molecule has 0 saturated carbocycles. The maximum absolute atomic E-state index is 11.6. The molecule has 0 aliphatic rings. The lowest BCUT2D eigenvalue weighted by molar-refractivity contribution is -0.122. The molecule has 1 unspecified atom stereocenters. The first-order valence-corrected chi connectivity index (χ1v) is 5.97. The van der Waals surface area contributed by atoms with E-state index in [-0.39, 0.29) is 30.0 Å². The molecule has 5 nitrogen and oxygen atoms in total. The van der Waals surface area contributed by atoms with Crippen LogP contribution in [0.15, 0.2) is 10.2 Å². The first-order valence-electron chi connectivity index (χ1n) is 5.09. The van der Waals surface area contributed by atoms with Crippen molar-refractivity contribution in [2.24, 2.45) is 0 Å². The second kappa shape index (κ2) is 5.81. The Bertz CT molecular complexity index is 410. The first-order chi connectivity index (χ1) is 7.54. The van der Waals surface area contributed by atoms with Gasteiger partial charge in [-0.2, -0.15) is 0 Å². The Kier molecular flexibility index (Phi) is 4.70. The van der Waals surface area contributed by atoms with Gasteiger partial charge in [0.25, 0.3) is 0 Å². The second-order valence-electron chi connectivity index (χ2n) is 3.71. The van der Waals surface area contributed by atoms with Crippen molar-refractivity contribution < 1.29 is 9.90 Å². The van der Waals surface area contributed by atoms with E-state index >= 15 is 0 Å². The van der Waals surface area contributed by atoms with Crippen molar-refractivity contribution in [2.45, 2.75) is 32.9 Å². The van der Waals surface area contributed by atoms with Gasteiger partial charge in [0.15, 0.2) is 0 Å².